The lowest BCUT2D eigenvalue weighted by Crippen LogP contribution is -1.76. The topological polar surface area (TPSA) is 51.6 Å². The van der Waals surface area contributed by atoms with Gasteiger partial charge in [0.25, 0.3) is 0 Å². The second kappa shape index (κ2) is 8.35. The van der Waals surface area contributed by atoms with E-state index >= 15 is 0 Å². The van der Waals surface area contributed by atoms with Crippen LogP contribution in [0.3, 0.4) is 0 Å². The second-order valence-corrected chi connectivity index (χ2v) is 2.83. The third kappa shape index (κ3) is 7.02. The van der Waals surface area contributed by atoms with Crippen molar-refractivity contribution in [3.63, 3.8) is 0 Å². The molecule has 0 bridgehead atoms. The van der Waals surface area contributed by atoms with Crippen LogP contribution < -0.4 is 0 Å². The van der Waals surface area contributed by atoms with Crippen molar-refractivity contribution in [1.82, 2.24) is 19.9 Å². The molecule has 80 valence electrons. The molecule has 4 nitrogen and oxygen atoms in total. The van der Waals surface area contributed by atoms with Gasteiger partial charge in [-0.25, -0.2) is 4.98 Å². The minimum Gasteiger partial charge on any atom is -0.262 e. The number of halogens is 3. The van der Waals surface area contributed by atoms with E-state index in [1.165, 1.54) is 12.4 Å². The summed E-state index contributed by atoms with van der Waals surface area (Å²) in [7, 11) is 0. The van der Waals surface area contributed by atoms with E-state index in [2.05, 4.69) is 19.9 Å². The van der Waals surface area contributed by atoms with Gasteiger partial charge in [0.15, 0.2) is 0 Å². The summed E-state index contributed by atoms with van der Waals surface area (Å²) < 4.78 is 0. The van der Waals surface area contributed by atoms with Crippen LogP contribution in [0.15, 0.2) is 37.2 Å². The highest BCUT2D eigenvalue weighted by molar-refractivity contribution is 6.32. The fourth-order valence-corrected chi connectivity index (χ4v) is 0.911. The monoisotopic (exact) mass is 264 g/mol. The lowest BCUT2D eigenvalue weighted by molar-refractivity contribution is 1.20. The first-order valence-electron chi connectivity index (χ1n) is 3.62. The molecule has 2 aromatic rings. The molecular weight excluding hydrogens is 258 g/mol. The molecule has 0 aliphatic carbocycles. The summed E-state index contributed by atoms with van der Waals surface area (Å²) in [5, 5.41) is 0.634. The van der Waals surface area contributed by atoms with Crippen molar-refractivity contribution >= 4 is 35.6 Å². The zero-order valence-electron chi connectivity index (χ0n) is 7.42. The van der Waals surface area contributed by atoms with Crippen LogP contribution in [-0.2, 0) is 0 Å². The summed E-state index contributed by atoms with van der Waals surface area (Å²) in [6.45, 7) is 0. The molecule has 0 N–H and O–H groups in total. The van der Waals surface area contributed by atoms with Gasteiger partial charge in [0, 0.05) is 24.8 Å². The quantitative estimate of drug-likeness (QED) is 0.735. The minimum atomic E-state index is 0. The van der Waals surface area contributed by atoms with Crippen molar-refractivity contribution < 1.29 is 0 Å². The van der Waals surface area contributed by atoms with Gasteiger partial charge in [0.1, 0.15) is 10.3 Å². The normalized spacial score (nSPS) is 8.13. The molecule has 0 atom stereocenters. The zero-order valence-corrected chi connectivity index (χ0v) is 9.75. The predicted octanol–water partition coefficient (Wildman–Crippen LogP) is 2.68. The number of hydrogen-bond donors (Lipinski definition) is 0. The Kier molecular flexibility index (Phi) is 7.81. The predicted molar refractivity (Wildman–Crippen MR) is 61.3 cm³/mol. The van der Waals surface area contributed by atoms with Crippen LogP contribution in [-0.4, -0.2) is 19.9 Å². The lowest BCUT2D eigenvalue weighted by atomic mass is 10.8. The van der Waals surface area contributed by atoms with Gasteiger partial charge in [-0.2, -0.15) is 0 Å². The number of hydrogen-bond acceptors (Lipinski definition) is 4. The van der Waals surface area contributed by atoms with Crippen molar-refractivity contribution in [2.24, 2.45) is 0 Å². The third-order valence-electron chi connectivity index (χ3n) is 1.05. The average molecular weight is 266 g/mol. The Morgan fingerprint density at radius 1 is 0.733 bits per heavy atom. The molecule has 15 heavy (non-hydrogen) atoms. The van der Waals surface area contributed by atoms with Crippen molar-refractivity contribution in [2.75, 3.05) is 0 Å². The van der Waals surface area contributed by atoms with Crippen molar-refractivity contribution in [1.29, 1.82) is 0 Å². The molecule has 0 amide bonds. The lowest BCUT2D eigenvalue weighted by Gasteiger charge is -1.85. The van der Waals surface area contributed by atoms with E-state index in [4.69, 9.17) is 23.2 Å². The summed E-state index contributed by atoms with van der Waals surface area (Å²) in [5.41, 5.74) is 0. The van der Waals surface area contributed by atoms with Gasteiger partial charge in [-0.15, -0.1) is 12.4 Å². The molecule has 2 heterocycles. The Bertz CT molecular complexity index is 327. The molecule has 0 unspecified atom stereocenters. The third-order valence-corrected chi connectivity index (χ3v) is 1.42. The smallest absolute Gasteiger partial charge is 0.149 e. The minimum absolute atomic E-state index is 0. The highest BCUT2D eigenvalue weighted by atomic mass is 35.5. The van der Waals surface area contributed by atoms with Crippen LogP contribution >= 0.6 is 35.6 Å². The van der Waals surface area contributed by atoms with E-state index in [0.29, 0.717) is 10.3 Å². The molecule has 0 aromatic carbocycles. The van der Waals surface area contributed by atoms with E-state index in [0.717, 1.165) is 0 Å². The Hall–Kier alpha value is -0.970. The molecule has 7 heteroatoms. The van der Waals surface area contributed by atoms with Gasteiger partial charge < -0.3 is 0 Å². The van der Waals surface area contributed by atoms with Crippen molar-refractivity contribution in [3.8, 4) is 0 Å². The second-order valence-electron chi connectivity index (χ2n) is 2.06. The van der Waals surface area contributed by atoms with Crippen molar-refractivity contribution in [3.05, 3.63) is 47.5 Å². The Morgan fingerprint density at radius 3 is 1.33 bits per heavy atom. The summed E-state index contributed by atoms with van der Waals surface area (Å²) in [4.78, 5) is 14.7. The molecule has 0 fully saturated rings. The first-order valence-corrected chi connectivity index (χ1v) is 4.37. The molecule has 2 rings (SSSR count). The van der Waals surface area contributed by atoms with Gasteiger partial charge in [0.05, 0.1) is 12.4 Å². The molecule has 0 saturated heterocycles. The molecule has 0 aliphatic rings. The van der Waals surface area contributed by atoms with E-state index in [1.54, 1.807) is 24.8 Å². The van der Waals surface area contributed by atoms with Crippen LogP contribution in [0.1, 0.15) is 0 Å². The van der Waals surface area contributed by atoms with E-state index in [9.17, 15) is 0 Å². The summed E-state index contributed by atoms with van der Waals surface area (Å²) in [6.07, 6.45) is 9.40. The van der Waals surface area contributed by atoms with Gasteiger partial charge >= 0.3 is 0 Å². The Morgan fingerprint density at radius 2 is 1.13 bits per heavy atom. The number of nitrogens with zero attached hydrogens (tertiary/aromatic N) is 4. The molecular formula is C8H7Cl3N4. The highest BCUT2D eigenvalue weighted by Gasteiger charge is 1.87. The molecule has 0 radical (unpaired) electrons. The number of rotatable bonds is 0. The van der Waals surface area contributed by atoms with E-state index < -0.39 is 0 Å². The van der Waals surface area contributed by atoms with Crippen LogP contribution in [0.25, 0.3) is 0 Å². The largest absolute Gasteiger partial charge is 0.262 e. The maximum atomic E-state index is 5.39. The van der Waals surface area contributed by atoms with Gasteiger partial charge in [-0.3, -0.25) is 15.0 Å². The maximum Gasteiger partial charge on any atom is 0.149 e. The fourth-order valence-electron chi connectivity index (χ4n) is 0.573. The molecule has 0 aliphatic heterocycles. The Labute approximate surface area is 103 Å². The van der Waals surface area contributed by atoms with E-state index in [-0.39, 0.29) is 12.4 Å². The summed E-state index contributed by atoms with van der Waals surface area (Å²) >= 11 is 10.8. The standard InChI is InChI=1S/C4H2Cl2N2.C4H4N2.ClH/c5-3-1-7-2-4(6)8-3;1-2-6-4-3-5-1;/h1-2H;1-4H;1H. The molecule has 0 spiro atoms. The van der Waals surface area contributed by atoms with Gasteiger partial charge in [-0.05, 0) is 0 Å². The first-order chi connectivity index (χ1) is 6.79. The van der Waals surface area contributed by atoms with Crippen LogP contribution in [0.2, 0.25) is 10.3 Å². The van der Waals surface area contributed by atoms with Crippen molar-refractivity contribution in [2.45, 2.75) is 0 Å². The van der Waals surface area contributed by atoms with Gasteiger partial charge in [-0.1, -0.05) is 23.2 Å². The molecule has 2 aromatic heterocycles. The van der Waals surface area contributed by atoms with Gasteiger partial charge in [0.2, 0.25) is 0 Å². The van der Waals surface area contributed by atoms with Crippen LogP contribution in [0.5, 0.6) is 0 Å². The average Bonchev–Trinajstić information content (AvgIpc) is 2.21. The Balaban J connectivity index is 0.000000253. The van der Waals surface area contributed by atoms with Crippen LogP contribution in [0, 0.1) is 0 Å². The highest BCUT2D eigenvalue weighted by Crippen LogP contribution is 2.05. The summed E-state index contributed by atoms with van der Waals surface area (Å²) in [6, 6.07) is 0. The number of aromatic nitrogens is 4. The molecule has 0 saturated carbocycles. The zero-order chi connectivity index (χ0) is 10.2. The fraction of sp³-hybridized carbons (Fsp3) is 0. The first kappa shape index (κ1) is 14.0. The summed E-state index contributed by atoms with van der Waals surface area (Å²) in [5.74, 6) is 0. The van der Waals surface area contributed by atoms with Crippen LogP contribution in [0.4, 0.5) is 0 Å². The van der Waals surface area contributed by atoms with E-state index in [1.807, 2.05) is 0 Å². The SMILES string of the molecule is Cl.Clc1cncc(Cl)n1.c1cnccn1. The maximum absolute atomic E-state index is 5.39.